The van der Waals surface area contributed by atoms with E-state index in [2.05, 4.69) is 31.4 Å². The highest BCUT2D eigenvalue weighted by atomic mass is 79.9. The summed E-state index contributed by atoms with van der Waals surface area (Å²) in [5, 5.41) is 11.5. The molecule has 0 unspecified atom stereocenters. The molecule has 2 aromatic carbocycles. The van der Waals surface area contributed by atoms with Crippen LogP contribution in [0.1, 0.15) is 21.5 Å². The lowest BCUT2D eigenvalue weighted by molar-refractivity contribution is 0.102. The van der Waals surface area contributed by atoms with Crippen LogP contribution in [0.4, 0.5) is 5.69 Å². The fourth-order valence-electron chi connectivity index (χ4n) is 2.91. The number of rotatable bonds is 6. The Labute approximate surface area is 170 Å². The van der Waals surface area contributed by atoms with Crippen LogP contribution in [0.5, 0.6) is 0 Å². The molecule has 2 aromatic heterocycles. The first kappa shape index (κ1) is 18.2. The van der Waals surface area contributed by atoms with Crippen LogP contribution >= 0.6 is 15.9 Å². The lowest BCUT2D eigenvalue weighted by Gasteiger charge is -2.06. The van der Waals surface area contributed by atoms with Gasteiger partial charge in [0, 0.05) is 18.0 Å². The normalized spacial score (nSPS) is 10.8. The summed E-state index contributed by atoms with van der Waals surface area (Å²) in [5.74, 6) is -0.164. The van der Waals surface area contributed by atoms with Crippen molar-refractivity contribution in [1.29, 1.82) is 0 Å². The number of aromatic nitrogens is 4. The number of hydrogen-bond donors (Lipinski definition) is 1. The van der Waals surface area contributed by atoms with Crippen molar-refractivity contribution in [2.45, 2.75) is 13.1 Å². The summed E-state index contributed by atoms with van der Waals surface area (Å²) in [7, 11) is 0. The van der Waals surface area contributed by atoms with Crippen LogP contribution in [-0.2, 0) is 13.1 Å². The van der Waals surface area contributed by atoms with Gasteiger partial charge in [-0.1, -0.05) is 42.5 Å². The standard InChI is InChI=1S/C21H18BrN5O/c22-19-10-23-26(14-19)13-17-7-4-8-18(9-17)21(28)25-20-11-24-27(15-20)12-16-5-2-1-3-6-16/h1-11,14-15H,12-13H2,(H,25,28). The van der Waals surface area contributed by atoms with Gasteiger partial charge in [0.2, 0.25) is 0 Å². The predicted molar refractivity (Wildman–Crippen MR) is 111 cm³/mol. The highest BCUT2D eigenvalue weighted by molar-refractivity contribution is 9.10. The third kappa shape index (κ3) is 4.55. The molecule has 1 N–H and O–H groups in total. The van der Waals surface area contributed by atoms with Gasteiger partial charge in [-0.2, -0.15) is 10.2 Å². The average Bonchev–Trinajstić information content (AvgIpc) is 3.31. The minimum Gasteiger partial charge on any atom is -0.319 e. The topological polar surface area (TPSA) is 64.7 Å². The van der Waals surface area contributed by atoms with Crippen molar-refractivity contribution in [3.05, 3.63) is 101 Å². The van der Waals surface area contributed by atoms with Gasteiger partial charge in [-0.15, -0.1) is 0 Å². The van der Waals surface area contributed by atoms with Crippen LogP contribution in [0.25, 0.3) is 0 Å². The molecule has 0 spiro atoms. The third-order valence-electron chi connectivity index (χ3n) is 4.21. The molecule has 2 heterocycles. The number of carbonyl (C=O) groups excluding carboxylic acids is 1. The van der Waals surface area contributed by atoms with Crippen molar-refractivity contribution in [1.82, 2.24) is 19.6 Å². The van der Waals surface area contributed by atoms with Crippen LogP contribution in [0.2, 0.25) is 0 Å². The van der Waals surface area contributed by atoms with Gasteiger partial charge >= 0.3 is 0 Å². The molecule has 6 nitrogen and oxygen atoms in total. The van der Waals surface area contributed by atoms with Crippen LogP contribution in [0, 0.1) is 0 Å². The largest absolute Gasteiger partial charge is 0.319 e. The first-order valence-corrected chi connectivity index (χ1v) is 9.60. The second kappa shape index (κ2) is 8.22. The molecular weight excluding hydrogens is 418 g/mol. The van der Waals surface area contributed by atoms with E-state index in [1.807, 2.05) is 65.6 Å². The summed E-state index contributed by atoms with van der Waals surface area (Å²) >= 11 is 3.39. The highest BCUT2D eigenvalue weighted by Gasteiger charge is 2.09. The minimum atomic E-state index is -0.164. The lowest BCUT2D eigenvalue weighted by Crippen LogP contribution is -2.12. The number of halogens is 1. The van der Waals surface area contributed by atoms with Gasteiger partial charge in [0.25, 0.3) is 5.91 Å². The van der Waals surface area contributed by atoms with Crippen molar-refractivity contribution >= 4 is 27.5 Å². The van der Waals surface area contributed by atoms with E-state index in [0.717, 1.165) is 15.6 Å². The van der Waals surface area contributed by atoms with Gasteiger partial charge < -0.3 is 5.32 Å². The van der Waals surface area contributed by atoms with Gasteiger partial charge in [-0.3, -0.25) is 14.2 Å². The smallest absolute Gasteiger partial charge is 0.255 e. The first-order valence-electron chi connectivity index (χ1n) is 8.80. The summed E-state index contributed by atoms with van der Waals surface area (Å²) in [4.78, 5) is 12.6. The molecule has 0 bridgehead atoms. The van der Waals surface area contributed by atoms with Crippen molar-refractivity contribution in [3.63, 3.8) is 0 Å². The predicted octanol–water partition coefficient (Wildman–Crippen LogP) is 4.19. The zero-order chi connectivity index (χ0) is 19.3. The molecule has 0 aliphatic rings. The van der Waals surface area contributed by atoms with Crippen LogP contribution < -0.4 is 5.32 Å². The molecule has 0 radical (unpaired) electrons. The zero-order valence-electron chi connectivity index (χ0n) is 15.0. The van der Waals surface area contributed by atoms with Crippen LogP contribution in [0.15, 0.2) is 83.9 Å². The van der Waals surface area contributed by atoms with Gasteiger partial charge in [0.1, 0.15) is 0 Å². The number of amides is 1. The number of nitrogens with one attached hydrogen (secondary N) is 1. The minimum absolute atomic E-state index is 0.164. The van der Waals surface area contributed by atoms with E-state index < -0.39 is 0 Å². The van der Waals surface area contributed by atoms with E-state index in [9.17, 15) is 4.79 Å². The number of hydrogen-bond acceptors (Lipinski definition) is 3. The fraction of sp³-hybridized carbons (Fsp3) is 0.0952. The Balaban J connectivity index is 1.42. The summed E-state index contributed by atoms with van der Waals surface area (Å²) in [6.07, 6.45) is 7.12. The Morgan fingerprint density at radius 3 is 2.39 bits per heavy atom. The molecule has 0 fully saturated rings. The van der Waals surface area contributed by atoms with E-state index in [1.165, 1.54) is 0 Å². The lowest BCUT2D eigenvalue weighted by atomic mass is 10.1. The van der Waals surface area contributed by atoms with E-state index in [0.29, 0.717) is 24.3 Å². The highest BCUT2D eigenvalue weighted by Crippen LogP contribution is 2.13. The second-order valence-electron chi connectivity index (χ2n) is 6.42. The molecule has 1 amide bonds. The van der Waals surface area contributed by atoms with Gasteiger partial charge in [-0.05, 0) is 39.2 Å². The number of benzene rings is 2. The van der Waals surface area contributed by atoms with Gasteiger partial charge in [0.15, 0.2) is 0 Å². The molecule has 4 aromatic rings. The molecule has 4 rings (SSSR count). The molecule has 0 atom stereocenters. The molecule has 0 saturated carbocycles. The van der Waals surface area contributed by atoms with Crippen molar-refractivity contribution < 1.29 is 4.79 Å². The van der Waals surface area contributed by atoms with Gasteiger partial charge in [-0.25, -0.2) is 0 Å². The Bertz CT molecular complexity index is 1090. The Morgan fingerprint density at radius 2 is 1.61 bits per heavy atom. The van der Waals surface area contributed by atoms with Crippen molar-refractivity contribution in [2.75, 3.05) is 5.32 Å². The SMILES string of the molecule is O=C(Nc1cnn(Cc2ccccc2)c1)c1cccc(Cn2cc(Br)cn2)c1. The molecule has 0 saturated heterocycles. The first-order chi connectivity index (χ1) is 13.7. The fourth-order valence-corrected chi connectivity index (χ4v) is 3.24. The van der Waals surface area contributed by atoms with Crippen LogP contribution in [0.3, 0.4) is 0 Å². The van der Waals surface area contributed by atoms with E-state index >= 15 is 0 Å². The van der Waals surface area contributed by atoms with Crippen molar-refractivity contribution in [3.8, 4) is 0 Å². The second-order valence-corrected chi connectivity index (χ2v) is 7.34. The summed E-state index contributed by atoms with van der Waals surface area (Å²) in [6, 6.07) is 17.6. The maximum absolute atomic E-state index is 12.6. The molecule has 0 aliphatic carbocycles. The summed E-state index contributed by atoms with van der Waals surface area (Å²) < 4.78 is 4.54. The van der Waals surface area contributed by atoms with Gasteiger partial charge in [0.05, 0.1) is 35.6 Å². The maximum atomic E-state index is 12.6. The van der Waals surface area contributed by atoms with E-state index in [4.69, 9.17) is 0 Å². The quantitative estimate of drug-likeness (QED) is 0.493. The monoisotopic (exact) mass is 435 g/mol. The third-order valence-corrected chi connectivity index (χ3v) is 4.62. The number of nitrogens with zero attached hydrogens (tertiary/aromatic N) is 4. The van der Waals surface area contributed by atoms with E-state index in [-0.39, 0.29) is 5.91 Å². The summed E-state index contributed by atoms with van der Waals surface area (Å²) in [6.45, 7) is 1.26. The molecule has 140 valence electrons. The molecule has 0 aliphatic heterocycles. The molecule has 28 heavy (non-hydrogen) atoms. The molecule has 7 heteroatoms. The Morgan fingerprint density at radius 1 is 0.893 bits per heavy atom. The van der Waals surface area contributed by atoms with E-state index in [1.54, 1.807) is 23.1 Å². The summed E-state index contributed by atoms with van der Waals surface area (Å²) in [5.41, 5.74) is 3.42. The van der Waals surface area contributed by atoms with Crippen molar-refractivity contribution in [2.24, 2.45) is 0 Å². The van der Waals surface area contributed by atoms with Crippen LogP contribution in [-0.4, -0.2) is 25.5 Å². The molecular formula is C21H18BrN5O. The number of anilines is 1. The Kier molecular flexibility index (Phi) is 5.34. The Hall–Kier alpha value is -3.19. The number of carbonyl (C=O) groups is 1. The maximum Gasteiger partial charge on any atom is 0.255 e. The zero-order valence-corrected chi connectivity index (χ0v) is 16.6. The average molecular weight is 436 g/mol.